The van der Waals surface area contributed by atoms with Crippen molar-refractivity contribution >= 4 is 5.82 Å². The van der Waals surface area contributed by atoms with Crippen molar-refractivity contribution in [3.63, 3.8) is 0 Å². The summed E-state index contributed by atoms with van der Waals surface area (Å²) in [6, 6.07) is 1.05. The second kappa shape index (κ2) is 6.37. The standard InChI is InChI=1S/C11H17N3O7/c1-20-11-13-5(2-6(16)14-11)12-10-9(19)8(18)7(17)4(3-15)21-10/h2,4,7-10,15,17-19H,3H2,1H3,(H2,12,13,14,16)/t4-,7+,8+,9+,10+/m0/s1. The van der Waals surface area contributed by atoms with Gasteiger partial charge in [0, 0.05) is 6.07 Å². The number of anilines is 1. The van der Waals surface area contributed by atoms with Crippen molar-refractivity contribution in [3.8, 4) is 6.01 Å². The Labute approximate surface area is 119 Å². The summed E-state index contributed by atoms with van der Waals surface area (Å²) in [5.74, 6) is 0.0416. The minimum absolute atomic E-state index is 0.0416. The molecule has 10 heteroatoms. The molecule has 5 atom stereocenters. The zero-order chi connectivity index (χ0) is 15.6. The zero-order valence-corrected chi connectivity index (χ0v) is 11.1. The van der Waals surface area contributed by atoms with E-state index in [1.54, 1.807) is 0 Å². The number of nitrogens with one attached hydrogen (secondary N) is 2. The van der Waals surface area contributed by atoms with E-state index in [1.807, 2.05) is 0 Å². The fourth-order valence-corrected chi connectivity index (χ4v) is 1.97. The Hall–Kier alpha value is -1.72. The minimum atomic E-state index is -1.52. The maximum Gasteiger partial charge on any atom is 0.298 e. The molecule has 0 saturated carbocycles. The lowest BCUT2D eigenvalue weighted by Gasteiger charge is -2.40. The van der Waals surface area contributed by atoms with Crippen molar-refractivity contribution < 1.29 is 29.9 Å². The number of rotatable bonds is 4. The van der Waals surface area contributed by atoms with Gasteiger partial charge in [-0.2, -0.15) is 4.98 Å². The highest BCUT2D eigenvalue weighted by atomic mass is 16.6. The predicted molar refractivity (Wildman–Crippen MR) is 68.8 cm³/mol. The van der Waals surface area contributed by atoms with E-state index in [9.17, 15) is 20.1 Å². The average Bonchev–Trinajstić information content (AvgIpc) is 2.47. The molecule has 0 radical (unpaired) electrons. The number of aliphatic hydroxyl groups is 4. The van der Waals surface area contributed by atoms with Crippen LogP contribution in [-0.2, 0) is 4.74 Å². The summed E-state index contributed by atoms with van der Waals surface area (Å²) in [6.45, 7) is -0.546. The molecule has 0 aromatic carbocycles. The molecule has 118 valence electrons. The van der Waals surface area contributed by atoms with Crippen LogP contribution < -0.4 is 15.6 Å². The Morgan fingerprint density at radius 3 is 2.71 bits per heavy atom. The Morgan fingerprint density at radius 1 is 1.38 bits per heavy atom. The summed E-state index contributed by atoms with van der Waals surface area (Å²) in [4.78, 5) is 17.6. The smallest absolute Gasteiger partial charge is 0.298 e. The van der Waals surface area contributed by atoms with E-state index in [-0.39, 0.29) is 11.8 Å². The van der Waals surface area contributed by atoms with Gasteiger partial charge in [0.25, 0.3) is 11.6 Å². The lowest BCUT2D eigenvalue weighted by Crippen LogP contribution is -2.60. The van der Waals surface area contributed by atoms with E-state index in [4.69, 9.17) is 14.6 Å². The van der Waals surface area contributed by atoms with E-state index in [0.29, 0.717) is 0 Å². The molecule has 10 nitrogen and oxygen atoms in total. The third-order valence-electron chi connectivity index (χ3n) is 3.10. The normalized spacial score (nSPS) is 32.7. The maximum absolute atomic E-state index is 11.4. The summed E-state index contributed by atoms with van der Waals surface area (Å²) in [6.07, 6.45) is -6.67. The maximum atomic E-state index is 11.4. The van der Waals surface area contributed by atoms with Crippen molar-refractivity contribution in [1.82, 2.24) is 9.97 Å². The Kier molecular flexibility index (Phi) is 4.75. The summed E-state index contributed by atoms with van der Waals surface area (Å²) < 4.78 is 10.0. The van der Waals surface area contributed by atoms with Crippen LogP contribution in [0, 0.1) is 0 Å². The second-order valence-electron chi connectivity index (χ2n) is 4.53. The number of nitrogens with zero attached hydrogens (tertiary/aromatic N) is 1. The fourth-order valence-electron chi connectivity index (χ4n) is 1.97. The number of H-pyrrole nitrogens is 1. The zero-order valence-electron chi connectivity index (χ0n) is 11.1. The molecule has 0 unspecified atom stereocenters. The van der Waals surface area contributed by atoms with Gasteiger partial charge in [0.2, 0.25) is 0 Å². The number of ether oxygens (including phenoxy) is 2. The molecule has 1 aromatic heterocycles. The highest BCUT2D eigenvalue weighted by molar-refractivity contribution is 5.35. The molecule has 0 bridgehead atoms. The van der Waals surface area contributed by atoms with E-state index < -0.39 is 42.8 Å². The average molecular weight is 303 g/mol. The van der Waals surface area contributed by atoms with Gasteiger partial charge in [-0.1, -0.05) is 0 Å². The minimum Gasteiger partial charge on any atom is -0.468 e. The number of hydrogen-bond acceptors (Lipinski definition) is 9. The first-order chi connectivity index (χ1) is 9.96. The number of methoxy groups -OCH3 is 1. The molecule has 21 heavy (non-hydrogen) atoms. The van der Waals surface area contributed by atoms with Crippen molar-refractivity contribution in [3.05, 3.63) is 16.4 Å². The molecule has 1 aliphatic rings. The molecule has 1 aromatic rings. The number of aliphatic hydroxyl groups excluding tert-OH is 4. The van der Waals surface area contributed by atoms with Gasteiger partial charge in [-0.3, -0.25) is 9.78 Å². The molecule has 0 amide bonds. The molecule has 0 spiro atoms. The molecule has 6 N–H and O–H groups in total. The van der Waals surface area contributed by atoms with Crippen LogP contribution in [0.15, 0.2) is 10.9 Å². The van der Waals surface area contributed by atoms with Gasteiger partial charge < -0.3 is 35.2 Å². The number of hydrogen-bond donors (Lipinski definition) is 6. The third-order valence-corrected chi connectivity index (χ3v) is 3.10. The monoisotopic (exact) mass is 303 g/mol. The second-order valence-corrected chi connectivity index (χ2v) is 4.53. The van der Waals surface area contributed by atoms with E-state index in [0.717, 1.165) is 6.07 Å². The third kappa shape index (κ3) is 3.31. The van der Waals surface area contributed by atoms with Crippen LogP contribution in [0.2, 0.25) is 0 Å². The first kappa shape index (κ1) is 15.7. The van der Waals surface area contributed by atoms with Crippen molar-refractivity contribution in [2.75, 3.05) is 19.0 Å². The van der Waals surface area contributed by atoms with Gasteiger partial charge in [0.1, 0.15) is 30.2 Å². The van der Waals surface area contributed by atoms with Crippen LogP contribution >= 0.6 is 0 Å². The van der Waals surface area contributed by atoms with E-state index >= 15 is 0 Å². The molecule has 0 aliphatic carbocycles. The largest absolute Gasteiger partial charge is 0.468 e. The van der Waals surface area contributed by atoms with Crippen LogP contribution in [0.5, 0.6) is 6.01 Å². The van der Waals surface area contributed by atoms with Crippen LogP contribution in [0.4, 0.5) is 5.82 Å². The van der Waals surface area contributed by atoms with Gasteiger partial charge >= 0.3 is 0 Å². The predicted octanol–water partition coefficient (Wildman–Crippen LogP) is -3.01. The summed E-state index contributed by atoms with van der Waals surface area (Å²) in [7, 11) is 1.32. The van der Waals surface area contributed by atoms with Gasteiger partial charge in [-0.05, 0) is 0 Å². The fraction of sp³-hybridized carbons (Fsp3) is 0.636. The van der Waals surface area contributed by atoms with Crippen LogP contribution in [0.3, 0.4) is 0 Å². The van der Waals surface area contributed by atoms with E-state index in [2.05, 4.69) is 15.3 Å². The molecule has 1 aliphatic heterocycles. The van der Waals surface area contributed by atoms with Gasteiger partial charge in [-0.15, -0.1) is 0 Å². The van der Waals surface area contributed by atoms with Crippen LogP contribution in [-0.4, -0.2) is 74.8 Å². The topological polar surface area (TPSA) is 157 Å². The lowest BCUT2D eigenvalue weighted by molar-refractivity contribution is -0.221. The van der Waals surface area contributed by atoms with Crippen molar-refractivity contribution in [1.29, 1.82) is 0 Å². The van der Waals surface area contributed by atoms with Crippen molar-refractivity contribution in [2.45, 2.75) is 30.6 Å². The van der Waals surface area contributed by atoms with Gasteiger partial charge in [0.15, 0.2) is 6.23 Å². The number of aromatic nitrogens is 2. The quantitative estimate of drug-likeness (QED) is 0.341. The molecular formula is C11H17N3O7. The highest BCUT2D eigenvalue weighted by Crippen LogP contribution is 2.22. The summed E-state index contributed by atoms with van der Waals surface area (Å²) in [5, 5.41) is 40.8. The molecule has 1 fully saturated rings. The lowest BCUT2D eigenvalue weighted by atomic mass is 9.98. The molecule has 2 rings (SSSR count). The van der Waals surface area contributed by atoms with Gasteiger partial charge in [-0.25, -0.2) is 0 Å². The number of aromatic amines is 1. The first-order valence-electron chi connectivity index (χ1n) is 6.18. The highest BCUT2D eigenvalue weighted by Gasteiger charge is 2.43. The summed E-state index contributed by atoms with van der Waals surface area (Å²) in [5.41, 5.74) is -0.492. The molecule has 2 heterocycles. The van der Waals surface area contributed by atoms with Crippen LogP contribution in [0.25, 0.3) is 0 Å². The first-order valence-corrected chi connectivity index (χ1v) is 6.18. The van der Waals surface area contributed by atoms with Crippen molar-refractivity contribution in [2.24, 2.45) is 0 Å². The SMILES string of the molecule is COc1nc(N[C@@H]2O[C@@H](CO)[C@@H](O)[C@@H](O)[C@H]2O)cc(=O)[nH]1. The van der Waals surface area contributed by atoms with Crippen LogP contribution in [0.1, 0.15) is 0 Å². The van der Waals surface area contributed by atoms with Gasteiger partial charge in [0.05, 0.1) is 13.7 Å². The Bertz CT molecular complexity index is 535. The Balaban J connectivity index is 2.18. The summed E-state index contributed by atoms with van der Waals surface area (Å²) >= 11 is 0. The Morgan fingerprint density at radius 2 is 2.10 bits per heavy atom. The van der Waals surface area contributed by atoms with E-state index in [1.165, 1.54) is 7.11 Å². The molecule has 1 saturated heterocycles. The molecular weight excluding hydrogens is 286 g/mol.